The second-order valence-electron chi connectivity index (χ2n) is 8.41. The molecule has 2 atom stereocenters. The monoisotopic (exact) mass is 435 g/mol. The maximum absolute atomic E-state index is 15.5. The highest BCUT2D eigenvalue weighted by molar-refractivity contribution is 5.94. The standard InChI is InChI=1S/C23H22FN5O3/c1-12-19(13(2)32-27-12)16-8-17(24)20-21-22(16)31-11-18(14-4-3-6-25-9-14)29(21)23(26-20)28-7-5-15(30)10-28/h3-4,6,8-9,15,18,30H,5,7,10-11H2,1-2H3/t15-,18-/m0/s1. The molecule has 8 nitrogen and oxygen atoms in total. The van der Waals surface area contributed by atoms with E-state index < -0.39 is 11.9 Å². The van der Waals surface area contributed by atoms with Gasteiger partial charge in [0.15, 0.2) is 11.6 Å². The second kappa shape index (κ2) is 7.03. The molecule has 0 radical (unpaired) electrons. The third kappa shape index (κ3) is 2.74. The van der Waals surface area contributed by atoms with Crippen molar-refractivity contribution < 1.29 is 18.8 Å². The molecule has 0 amide bonds. The van der Waals surface area contributed by atoms with Crippen molar-refractivity contribution in [3.8, 4) is 16.9 Å². The van der Waals surface area contributed by atoms with Gasteiger partial charge in [-0.25, -0.2) is 9.37 Å². The molecule has 164 valence electrons. The Hall–Kier alpha value is -3.46. The second-order valence-corrected chi connectivity index (χ2v) is 8.41. The highest BCUT2D eigenvalue weighted by Crippen LogP contribution is 2.47. The van der Waals surface area contributed by atoms with Gasteiger partial charge in [0.05, 0.1) is 23.4 Å². The number of nitrogens with zero attached hydrogens (tertiary/aromatic N) is 5. The van der Waals surface area contributed by atoms with E-state index in [0.717, 1.165) is 11.1 Å². The molecule has 0 aliphatic carbocycles. The third-order valence-corrected chi connectivity index (χ3v) is 6.36. The van der Waals surface area contributed by atoms with Crippen LogP contribution in [0.15, 0.2) is 35.1 Å². The van der Waals surface area contributed by atoms with Crippen LogP contribution in [-0.2, 0) is 0 Å². The first kappa shape index (κ1) is 19.2. The summed E-state index contributed by atoms with van der Waals surface area (Å²) < 4.78 is 29.1. The normalized spacial score (nSPS) is 20.2. The first-order chi connectivity index (χ1) is 15.5. The molecule has 1 aromatic carbocycles. The van der Waals surface area contributed by atoms with Crippen LogP contribution in [0, 0.1) is 19.7 Å². The smallest absolute Gasteiger partial charge is 0.207 e. The average Bonchev–Trinajstić information content (AvgIpc) is 3.49. The Labute approximate surface area is 183 Å². The number of hydrogen-bond acceptors (Lipinski definition) is 7. The van der Waals surface area contributed by atoms with Crippen molar-refractivity contribution in [3.63, 3.8) is 0 Å². The lowest BCUT2D eigenvalue weighted by Gasteiger charge is -2.30. The fourth-order valence-electron chi connectivity index (χ4n) is 4.89. The van der Waals surface area contributed by atoms with E-state index >= 15 is 4.39 Å². The summed E-state index contributed by atoms with van der Waals surface area (Å²) in [6.07, 6.45) is 3.73. The lowest BCUT2D eigenvalue weighted by molar-refractivity contribution is 0.198. The minimum atomic E-state index is -0.436. The molecule has 0 saturated carbocycles. The van der Waals surface area contributed by atoms with Crippen LogP contribution in [0.5, 0.6) is 5.75 Å². The van der Waals surface area contributed by atoms with E-state index in [2.05, 4.69) is 10.1 Å². The molecular weight excluding hydrogens is 413 g/mol. The molecular formula is C23H22FN5O3. The molecule has 4 aromatic rings. The van der Waals surface area contributed by atoms with E-state index in [1.54, 1.807) is 19.3 Å². The van der Waals surface area contributed by atoms with E-state index in [0.29, 0.717) is 60.3 Å². The van der Waals surface area contributed by atoms with Gasteiger partial charge in [0.25, 0.3) is 0 Å². The highest BCUT2D eigenvalue weighted by atomic mass is 19.1. The molecule has 6 rings (SSSR count). The molecule has 0 unspecified atom stereocenters. The number of hydrogen-bond donors (Lipinski definition) is 1. The number of pyridine rings is 1. The van der Waals surface area contributed by atoms with Crippen LogP contribution in [0.2, 0.25) is 0 Å². The first-order valence-electron chi connectivity index (χ1n) is 10.7. The number of imidazole rings is 1. The molecule has 1 N–H and O–H groups in total. The van der Waals surface area contributed by atoms with E-state index in [-0.39, 0.29) is 11.6 Å². The van der Waals surface area contributed by atoms with Gasteiger partial charge in [-0.15, -0.1) is 0 Å². The minimum Gasteiger partial charge on any atom is -0.488 e. The van der Waals surface area contributed by atoms with Crippen molar-refractivity contribution in [2.24, 2.45) is 0 Å². The van der Waals surface area contributed by atoms with Gasteiger partial charge >= 0.3 is 0 Å². The Morgan fingerprint density at radius 1 is 1.28 bits per heavy atom. The molecule has 0 bridgehead atoms. The molecule has 9 heteroatoms. The fourth-order valence-corrected chi connectivity index (χ4v) is 4.89. The van der Waals surface area contributed by atoms with Crippen molar-refractivity contribution in [3.05, 3.63) is 53.4 Å². The molecule has 1 saturated heterocycles. The summed E-state index contributed by atoms with van der Waals surface area (Å²) >= 11 is 0. The van der Waals surface area contributed by atoms with Crippen LogP contribution in [0.3, 0.4) is 0 Å². The van der Waals surface area contributed by atoms with Crippen molar-refractivity contribution in [2.75, 3.05) is 24.6 Å². The number of aromatic nitrogens is 4. The Morgan fingerprint density at radius 2 is 2.16 bits per heavy atom. The topological polar surface area (TPSA) is 89.4 Å². The molecule has 1 fully saturated rings. The first-order valence-corrected chi connectivity index (χ1v) is 10.7. The predicted molar refractivity (Wildman–Crippen MR) is 115 cm³/mol. The molecule has 3 aromatic heterocycles. The molecule has 32 heavy (non-hydrogen) atoms. The number of rotatable bonds is 3. The number of aliphatic hydroxyl groups is 1. The number of ether oxygens (including phenoxy) is 1. The summed E-state index contributed by atoms with van der Waals surface area (Å²) in [7, 11) is 0. The highest BCUT2D eigenvalue weighted by Gasteiger charge is 2.36. The van der Waals surface area contributed by atoms with Crippen LogP contribution in [0.4, 0.5) is 10.3 Å². The van der Waals surface area contributed by atoms with Gasteiger partial charge in [-0.05, 0) is 38.0 Å². The van der Waals surface area contributed by atoms with E-state index in [1.165, 1.54) is 6.07 Å². The Balaban J connectivity index is 1.66. The maximum atomic E-state index is 15.5. The predicted octanol–water partition coefficient (Wildman–Crippen LogP) is 3.40. The number of aliphatic hydroxyl groups excluding tert-OH is 1. The van der Waals surface area contributed by atoms with E-state index in [1.807, 2.05) is 28.5 Å². The van der Waals surface area contributed by atoms with Crippen LogP contribution in [-0.4, -0.2) is 50.6 Å². The van der Waals surface area contributed by atoms with Crippen LogP contribution < -0.4 is 9.64 Å². The van der Waals surface area contributed by atoms with Gasteiger partial charge < -0.3 is 19.3 Å². The largest absolute Gasteiger partial charge is 0.488 e. The van der Waals surface area contributed by atoms with Gasteiger partial charge in [0, 0.05) is 31.0 Å². The number of aryl methyl sites for hydroxylation is 2. The number of anilines is 1. The van der Waals surface area contributed by atoms with Gasteiger partial charge in [0.1, 0.15) is 23.4 Å². The lowest BCUT2D eigenvalue weighted by atomic mass is 10.00. The lowest BCUT2D eigenvalue weighted by Crippen LogP contribution is -2.30. The summed E-state index contributed by atoms with van der Waals surface area (Å²) in [6.45, 7) is 5.09. The number of halogens is 1. The van der Waals surface area contributed by atoms with Gasteiger partial charge in [-0.2, -0.15) is 0 Å². The quantitative estimate of drug-likeness (QED) is 0.528. The summed E-state index contributed by atoms with van der Waals surface area (Å²) in [4.78, 5) is 11.0. The van der Waals surface area contributed by atoms with Crippen LogP contribution in [0.25, 0.3) is 22.2 Å². The number of β-amino-alcohol motifs (C(OH)–C–C–N with tert-alkyl or cyclic N) is 1. The maximum Gasteiger partial charge on any atom is 0.207 e. The van der Waals surface area contributed by atoms with Crippen molar-refractivity contribution in [2.45, 2.75) is 32.4 Å². The van der Waals surface area contributed by atoms with Crippen LogP contribution in [0.1, 0.15) is 29.5 Å². The summed E-state index contributed by atoms with van der Waals surface area (Å²) in [5.41, 5.74) is 3.79. The average molecular weight is 435 g/mol. The van der Waals surface area contributed by atoms with Gasteiger partial charge in [-0.3, -0.25) is 9.55 Å². The minimum absolute atomic E-state index is 0.228. The zero-order valence-corrected chi connectivity index (χ0v) is 17.7. The molecule has 2 aliphatic rings. The summed E-state index contributed by atoms with van der Waals surface area (Å²) in [5, 5.41) is 14.2. The Kier molecular flexibility index (Phi) is 4.23. The fraction of sp³-hybridized carbons (Fsp3) is 0.348. The van der Waals surface area contributed by atoms with Crippen molar-refractivity contribution in [1.29, 1.82) is 0 Å². The Bertz CT molecular complexity index is 1310. The van der Waals surface area contributed by atoms with Gasteiger partial charge in [-0.1, -0.05) is 11.2 Å². The zero-order valence-electron chi connectivity index (χ0n) is 17.7. The molecule has 0 spiro atoms. The van der Waals surface area contributed by atoms with E-state index in [9.17, 15) is 5.11 Å². The third-order valence-electron chi connectivity index (χ3n) is 6.36. The number of benzene rings is 1. The van der Waals surface area contributed by atoms with Crippen molar-refractivity contribution in [1.82, 2.24) is 19.7 Å². The Morgan fingerprint density at radius 3 is 2.84 bits per heavy atom. The van der Waals surface area contributed by atoms with E-state index in [4.69, 9.17) is 14.2 Å². The zero-order chi connectivity index (χ0) is 22.0. The SMILES string of the molecule is Cc1noc(C)c1-c1cc(F)c2nc(N3CC[C@H](O)C3)n3c2c1OC[C@H]3c1cccnc1. The summed E-state index contributed by atoms with van der Waals surface area (Å²) in [5.74, 6) is 1.36. The van der Waals surface area contributed by atoms with Crippen LogP contribution >= 0.6 is 0 Å². The molecule has 2 aliphatic heterocycles. The molecule has 5 heterocycles. The van der Waals surface area contributed by atoms with Gasteiger partial charge in [0.2, 0.25) is 5.95 Å². The summed E-state index contributed by atoms with van der Waals surface area (Å²) in [6, 6.07) is 5.08. The van der Waals surface area contributed by atoms with Crippen molar-refractivity contribution >= 4 is 17.0 Å².